The molecule has 0 radical (unpaired) electrons. The van der Waals surface area contributed by atoms with Gasteiger partial charge in [0.25, 0.3) is 5.56 Å². The topological polar surface area (TPSA) is 98.4 Å². The molecule has 0 saturated carbocycles. The van der Waals surface area contributed by atoms with Crippen LogP contribution in [0.25, 0.3) is 22.0 Å². The molecule has 0 spiro atoms. The minimum Gasteiger partial charge on any atom is -0.394 e. The molecule has 0 aliphatic heterocycles. The summed E-state index contributed by atoms with van der Waals surface area (Å²) in [6, 6.07) is 3.41. The molecule has 1 atom stereocenters. The largest absolute Gasteiger partial charge is 0.394 e. The van der Waals surface area contributed by atoms with E-state index in [4.69, 9.17) is 16.3 Å². The van der Waals surface area contributed by atoms with E-state index in [2.05, 4.69) is 28.7 Å². The Kier molecular flexibility index (Phi) is 9.48. The molecule has 0 fully saturated rings. The van der Waals surface area contributed by atoms with E-state index in [1.807, 2.05) is 0 Å². The fraction of sp³-hybridized carbons (Fsp3) is 0.417. The van der Waals surface area contributed by atoms with Crippen LogP contribution in [0, 0.1) is 18.6 Å². The number of H-pyrrole nitrogens is 2. The van der Waals surface area contributed by atoms with Crippen LogP contribution >= 0.6 is 23.4 Å². The zero-order valence-electron chi connectivity index (χ0n) is 19.7. The van der Waals surface area contributed by atoms with Gasteiger partial charge in [0.2, 0.25) is 0 Å². The number of aromatic nitrogens is 2. The number of halogens is 3. The Morgan fingerprint density at radius 1 is 1.14 bits per heavy atom. The lowest BCUT2D eigenvalue weighted by molar-refractivity contribution is 0.0178. The predicted octanol–water partition coefficient (Wildman–Crippen LogP) is 3.93. The summed E-state index contributed by atoms with van der Waals surface area (Å²) >= 11 is 7.15. The molecule has 3 aromatic rings. The highest BCUT2D eigenvalue weighted by molar-refractivity contribution is 7.99. The number of fused-ring (bicyclic) bond motifs is 1. The van der Waals surface area contributed by atoms with Gasteiger partial charge in [-0.2, -0.15) is 0 Å². The molecule has 3 rings (SSSR count). The zero-order chi connectivity index (χ0) is 25.7. The molecule has 1 heterocycles. The molecule has 0 amide bonds. The predicted molar refractivity (Wildman–Crippen MR) is 136 cm³/mol. The summed E-state index contributed by atoms with van der Waals surface area (Å²) in [4.78, 5) is 32.0. The molecule has 0 unspecified atom stereocenters. The third-order valence-electron chi connectivity index (χ3n) is 5.74. The SMILES string of the molecule is CCN(CC)CCO[C@@H](CO)CSc1c(-c2cc(Cl)c(F)cc2F)c(C)cc2c(=O)[nH]c(=O)[nH]c12. The number of likely N-dealkylation sites (N-methyl/N-ethyl adjacent to an activating group) is 1. The number of aliphatic hydroxyl groups excluding tert-OH is 1. The number of benzene rings is 2. The van der Waals surface area contributed by atoms with Gasteiger partial charge < -0.3 is 19.7 Å². The fourth-order valence-electron chi connectivity index (χ4n) is 3.82. The minimum absolute atomic E-state index is 0.0300. The lowest BCUT2D eigenvalue weighted by atomic mass is 9.98. The quantitative estimate of drug-likeness (QED) is 0.258. The van der Waals surface area contributed by atoms with Gasteiger partial charge in [0, 0.05) is 34.4 Å². The number of hydrogen-bond acceptors (Lipinski definition) is 6. The van der Waals surface area contributed by atoms with E-state index in [-0.39, 0.29) is 33.8 Å². The molecule has 2 aromatic carbocycles. The Hall–Kier alpha value is -2.24. The Labute approximate surface area is 210 Å². The highest BCUT2D eigenvalue weighted by Crippen LogP contribution is 2.41. The van der Waals surface area contributed by atoms with Gasteiger partial charge >= 0.3 is 5.69 Å². The molecule has 190 valence electrons. The lowest BCUT2D eigenvalue weighted by Crippen LogP contribution is -2.30. The van der Waals surface area contributed by atoms with Crippen molar-refractivity contribution >= 4 is 34.3 Å². The van der Waals surface area contributed by atoms with Crippen molar-refractivity contribution in [2.75, 3.05) is 38.6 Å². The Morgan fingerprint density at radius 2 is 1.86 bits per heavy atom. The molecular weight excluding hydrogens is 500 g/mol. The molecule has 11 heteroatoms. The van der Waals surface area contributed by atoms with Crippen molar-refractivity contribution in [3.05, 3.63) is 61.3 Å². The first-order valence-corrected chi connectivity index (χ1v) is 12.6. The van der Waals surface area contributed by atoms with Crippen LogP contribution in [0.4, 0.5) is 8.78 Å². The van der Waals surface area contributed by atoms with Gasteiger partial charge in [-0.3, -0.25) is 9.78 Å². The van der Waals surface area contributed by atoms with Crippen LogP contribution in [0.2, 0.25) is 5.02 Å². The average Bonchev–Trinajstić information content (AvgIpc) is 2.82. The number of aliphatic hydroxyl groups is 1. The van der Waals surface area contributed by atoms with Crippen molar-refractivity contribution in [1.82, 2.24) is 14.9 Å². The van der Waals surface area contributed by atoms with E-state index in [1.165, 1.54) is 23.9 Å². The summed E-state index contributed by atoms with van der Waals surface area (Å²) in [7, 11) is 0. The third kappa shape index (κ3) is 6.31. The monoisotopic (exact) mass is 527 g/mol. The molecule has 35 heavy (non-hydrogen) atoms. The highest BCUT2D eigenvalue weighted by atomic mass is 35.5. The zero-order valence-corrected chi connectivity index (χ0v) is 21.3. The van der Waals surface area contributed by atoms with Crippen LogP contribution in [-0.4, -0.2) is 64.7 Å². The highest BCUT2D eigenvalue weighted by Gasteiger charge is 2.22. The second-order valence-electron chi connectivity index (χ2n) is 7.99. The molecular formula is C24H28ClF2N3O4S. The summed E-state index contributed by atoms with van der Waals surface area (Å²) in [5.74, 6) is -1.48. The normalized spacial score (nSPS) is 12.6. The van der Waals surface area contributed by atoms with Crippen LogP contribution < -0.4 is 11.2 Å². The third-order valence-corrected chi connectivity index (χ3v) is 7.27. The van der Waals surface area contributed by atoms with Gasteiger partial charge in [-0.1, -0.05) is 25.4 Å². The molecule has 1 aromatic heterocycles. The summed E-state index contributed by atoms with van der Waals surface area (Å²) < 4.78 is 34.6. The van der Waals surface area contributed by atoms with Crippen molar-refractivity contribution in [2.45, 2.75) is 31.8 Å². The first kappa shape index (κ1) is 27.3. The van der Waals surface area contributed by atoms with Gasteiger partial charge in [-0.05, 0) is 37.7 Å². The maximum absolute atomic E-state index is 14.9. The number of thioether (sulfide) groups is 1. The van der Waals surface area contributed by atoms with Gasteiger partial charge in [0.05, 0.1) is 35.2 Å². The minimum atomic E-state index is -0.896. The standard InChI is InChI=1S/C24H28ClF2N3O4S/c1-4-30(5-2)6-7-34-14(11-31)12-35-22-20(15-9-17(25)19(27)10-18(15)26)13(3)8-16-21(22)28-24(33)29-23(16)32/h8-10,14,31H,4-7,11-12H2,1-3H3,(H2,28,29,32,33)/t14-/m0/s1. The molecule has 0 bridgehead atoms. The van der Waals surface area contributed by atoms with Crippen LogP contribution in [0.5, 0.6) is 0 Å². The average molecular weight is 528 g/mol. The second kappa shape index (κ2) is 12.1. The second-order valence-corrected chi connectivity index (χ2v) is 9.43. The van der Waals surface area contributed by atoms with Crippen LogP contribution in [-0.2, 0) is 4.74 Å². The van der Waals surface area contributed by atoms with Crippen molar-refractivity contribution in [1.29, 1.82) is 0 Å². The first-order chi connectivity index (χ1) is 16.7. The van der Waals surface area contributed by atoms with Crippen molar-refractivity contribution in [2.24, 2.45) is 0 Å². The first-order valence-electron chi connectivity index (χ1n) is 11.2. The number of hydrogen-bond donors (Lipinski definition) is 3. The molecule has 7 nitrogen and oxygen atoms in total. The Balaban J connectivity index is 2.05. The van der Waals surface area contributed by atoms with Gasteiger partial charge in [-0.25, -0.2) is 13.6 Å². The number of nitrogens with zero attached hydrogens (tertiary/aromatic N) is 1. The number of rotatable bonds is 11. The van der Waals surface area contributed by atoms with Crippen LogP contribution in [0.15, 0.2) is 32.7 Å². The summed E-state index contributed by atoms with van der Waals surface area (Å²) in [6.45, 7) is 8.41. The van der Waals surface area contributed by atoms with E-state index < -0.39 is 29.0 Å². The smallest absolute Gasteiger partial charge is 0.326 e. The Morgan fingerprint density at radius 3 is 2.51 bits per heavy atom. The Bertz CT molecular complexity index is 1310. The summed E-state index contributed by atoms with van der Waals surface area (Å²) in [5.41, 5.74) is -0.172. The van der Waals surface area contributed by atoms with E-state index in [1.54, 1.807) is 6.92 Å². The molecule has 0 aliphatic carbocycles. The van der Waals surface area contributed by atoms with Gasteiger partial charge in [-0.15, -0.1) is 11.8 Å². The molecule has 0 aliphatic rings. The number of aryl methyl sites for hydroxylation is 1. The van der Waals surface area contributed by atoms with Crippen LogP contribution in [0.3, 0.4) is 0 Å². The van der Waals surface area contributed by atoms with E-state index in [9.17, 15) is 23.5 Å². The van der Waals surface area contributed by atoms with Gasteiger partial charge in [0.15, 0.2) is 0 Å². The van der Waals surface area contributed by atoms with E-state index in [0.29, 0.717) is 35.2 Å². The van der Waals surface area contributed by atoms with Crippen LogP contribution in [0.1, 0.15) is 19.4 Å². The van der Waals surface area contributed by atoms with Gasteiger partial charge in [0.1, 0.15) is 11.6 Å². The van der Waals surface area contributed by atoms with Crippen molar-refractivity contribution < 1.29 is 18.6 Å². The number of ether oxygens (including phenoxy) is 1. The summed E-state index contributed by atoms with van der Waals surface area (Å²) in [6.07, 6.45) is -0.547. The van der Waals surface area contributed by atoms with Crippen molar-refractivity contribution in [3.63, 3.8) is 0 Å². The van der Waals surface area contributed by atoms with E-state index >= 15 is 0 Å². The molecule has 0 saturated heterocycles. The fourth-order valence-corrected chi connectivity index (χ4v) is 5.26. The lowest BCUT2D eigenvalue weighted by Gasteiger charge is -2.22. The maximum Gasteiger partial charge on any atom is 0.326 e. The van der Waals surface area contributed by atoms with Crippen molar-refractivity contribution in [3.8, 4) is 11.1 Å². The maximum atomic E-state index is 14.9. The summed E-state index contributed by atoms with van der Waals surface area (Å²) in [5, 5.41) is 9.81. The number of aromatic amines is 2. The van der Waals surface area contributed by atoms with E-state index in [0.717, 1.165) is 13.1 Å². The molecule has 3 N–H and O–H groups in total. The number of nitrogens with one attached hydrogen (secondary N) is 2.